The molecule has 8 nitrogen and oxygen atoms in total. The maximum Gasteiger partial charge on any atom is 0.311 e. The van der Waals surface area contributed by atoms with Gasteiger partial charge in [0.25, 0.3) is 5.91 Å². The molecule has 0 aliphatic heterocycles. The number of allylic oxidation sites excluding steroid dienone is 1. The van der Waals surface area contributed by atoms with Crippen molar-refractivity contribution in [1.82, 2.24) is 9.55 Å². The van der Waals surface area contributed by atoms with E-state index in [1.165, 1.54) is 34.9 Å². The molecule has 0 fully saturated rings. The minimum atomic E-state index is -0.739. The van der Waals surface area contributed by atoms with E-state index in [0.29, 0.717) is 5.39 Å². The SMILES string of the molecule is C=CCn1c(O)c2ccc(C(=O)N=NC(=O)c3ccc[nH]3)cc2c1O. The second kappa shape index (κ2) is 6.44. The average Bonchev–Trinajstić information content (AvgIpc) is 3.23. The largest absolute Gasteiger partial charge is 0.494 e. The molecule has 2 amide bonds. The Balaban J connectivity index is 1.91. The number of carbonyl (C=O) groups is 2. The topological polar surface area (TPSA) is 120 Å². The second-order valence-electron chi connectivity index (χ2n) is 5.20. The van der Waals surface area contributed by atoms with Crippen LogP contribution in [0, 0.1) is 0 Å². The molecular weight excluding hydrogens is 324 g/mol. The zero-order valence-electron chi connectivity index (χ0n) is 13.0. The van der Waals surface area contributed by atoms with Crippen LogP contribution in [0.5, 0.6) is 11.8 Å². The molecule has 0 spiro atoms. The van der Waals surface area contributed by atoms with Crippen LogP contribution in [0.3, 0.4) is 0 Å². The number of nitrogens with zero attached hydrogens (tertiary/aromatic N) is 3. The summed E-state index contributed by atoms with van der Waals surface area (Å²) in [6, 6.07) is 7.44. The van der Waals surface area contributed by atoms with Crippen molar-refractivity contribution < 1.29 is 19.8 Å². The minimum absolute atomic E-state index is 0.126. The van der Waals surface area contributed by atoms with Gasteiger partial charge < -0.3 is 15.2 Å². The van der Waals surface area contributed by atoms with Gasteiger partial charge in [-0.1, -0.05) is 6.08 Å². The number of aromatic hydroxyl groups is 2. The summed E-state index contributed by atoms with van der Waals surface area (Å²) in [5.41, 5.74) is 0.345. The van der Waals surface area contributed by atoms with E-state index in [-0.39, 0.29) is 34.9 Å². The number of rotatable bonds is 4. The first kappa shape index (κ1) is 16.2. The Morgan fingerprint density at radius 1 is 1.12 bits per heavy atom. The van der Waals surface area contributed by atoms with Crippen molar-refractivity contribution in [2.45, 2.75) is 6.54 Å². The third-order valence-electron chi connectivity index (χ3n) is 3.63. The molecule has 25 heavy (non-hydrogen) atoms. The fourth-order valence-corrected chi connectivity index (χ4v) is 2.42. The van der Waals surface area contributed by atoms with Gasteiger partial charge in [-0.2, -0.15) is 0 Å². The number of benzene rings is 1. The van der Waals surface area contributed by atoms with Crippen molar-refractivity contribution in [3.05, 3.63) is 60.4 Å². The van der Waals surface area contributed by atoms with Gasteiger partial charge in [-0.05, 0) is 30.3 Å². The fraction of sp³-hybridized carbons (Fsp3) is 0.0588. The van der Waals surface area contributed by atoms with E-state index < -0.39 is 11.8 Å². The Hall–Kier alpha value is -3.68. The van der Waals surface area contributed by atoms with Crippen LogP contribution in [0.2, 0.25) is 0 Å². The van der Waals surface area contributed by atoms with Crippen molar-refractivity contribution in [3.8, 4) is 11.8 Å². The van der Waals surface area contributed by atoms with Crippen LogP contribution in [-0.4, -0.2) is 31.6 Å². The van der Waals surface area contributed by atoms with E-state index in [9.17, 15) is 19.8 Å². The lowest BCUT2D eigenvalue weighted by Gasteiger charge is -2.01. The van der Waals surface area contributed by atoms with Crippen LogP contribution in [0.25, 0.3) is 10.8 Å². The van der Waals surface area contributed by atoms with Gasteiger partial charge in [0, 0.05) is 29.1 Å². The smallest absolute Gasteiger partial charge is 0.311 e. The molecule has 1 aromatic carbocycles. The van der Waals surface area contributed by atoms with E-state index in [1.807, 2.05) is 0 Å². The Bertz CT molecular complexity index is 1000. The van der Waals surface area contributed by atoms with E-state index in [0.717, 1.165) is 0 Å². The normalized spacial score (nSPS) is 11.2. The quantitative estimate of drug-likeness (QED) is 0.500. The highest BCUT2D eigenvalue weighted by atomic mass is 16.3. The van der Waals surface area contributed by atoms with E-state index >= 15 is 0 Å². The number of aromatic nitrogens is 2. The molecule has 3 N–H and O–H groups in total. The number of carbonyl (C=O) groups excluding carboxylic acids is 2. The third-order valence-corrected chi connectivity index (χ3v) is 3.63. The molecule has 3 rings (SSSR count). The summed E-state index contributed by atoms with van der Waals surface area (Å²) in [5.74, 6) is -1.73. The zero-order valence-corrected chi connectivity index (χ0v) is 13.0. The maximum absolute atomic E-state index is 12.1. The summed E-state index contributed by atoms with van der Waals surface area (Å²) in [7, 11) is 0. The highest BCUT2D eigenvalue weighted by Gasteiger charge is 2.17. The van der Waals surface area contributed by atoms with Crippen molar-refractivity contribution in [2.75, 3.05) is 0 Å². The van der Waals surface area contributed by atoms with Gasteiger partial charge in [-0.25, -0.2) is 0 Å². The van der Waals surface area contributed by atoms with Crippen molar-refractivity contribution in [2.24, 2.45) is 10.2 Å². The number of H-pyrrole nitrogens is 1. The molecule has 0 unspecified atom stereocenters. The second-order valence-corrected chi connectivity index (χ2v) is 5.20. The lowest BCUT2D eigenvalue weighted by molar-refractivity contribution is 0.0944. The molecule has 0 bridgehead atoms. The molecule has 126 valence electrons. The van der Waals surface area contributed by atoms with E-state index in [4.69, 9.17) is 0 Å². The summed E-state index contributed by atoms with van der Waals surface area (Å²) in [5, 5.41) is 27.7. The number of fused-ring (bicyclic) bond motifs is 1. The fourth-order valence-electron chi connectivity index (χ4n) is 2.42. The molecule has 0 aliphatic carbocycles. The molecule has 2 aromatic heterocycles. The number of nitrogens with one attached hydrogen (secondary N) is 1. The molecule has 0 saturated heterocycles. The van der Waals surface area contributed by atoms with Gasteiger partial charge in [0.05, 0.1) is 0 Å². The lowest BCUT2D eigenvalue weighted by atomic mass is 10.1. The molecule has 0 saturated carbocycles. The predicted octanol–water partition coefficient (Wildman–Crippen LogP) is 3.00. The first-order chi connectivity index (χ1) is 12.0. The van der Waals surface area contributed by atoms with Gasteiger partial charge in [0.2, 0.25) is 11.8 Å². The van der Waals surface area contributed by atoms with Gasteiger partial charge in [0.15, 0.2) is 0 Å². The van der Waals surface area contributed by atoms with Gasteiger partial charge in [-0.3, -0.25) is 14.2 Å². The van der Waals surface area contributed by atoms with E-state index in [1.54, 1.807) is 12.3 Å². The Labute approximate surface area is 141 Å². The molecule has 2 heterocycles. The number of aromatic amines is 1. The number of hydrogen-bond acceptors (Lipinski definition) is 4. The van der Waals surface area contributed by atoms with Crippen LogP contribution in [0.1, 0.15) is 20.8 Å². The van der Waals surface area contributed by atoms with Gasteiger partial charge in [-0.15, -0.1) is 16.8 Å². The zero-order chi connectivity index (χ0) is 18.0. The molecule has 8 heteroatoms. The summed E-state index contributed by atoms with van der Waals surface area (Å²) in [4.78, 5) is 26.5. The molecule has 0 radical (unpaired) electrons. The molecule has 0 aliphatic rings. The van der Waals surface area contributed by atoms with Crippen LogP contribution in [-0.2, 0) is 6.54 Å². The summed E-state index contributed by atoms with van der Waals surface area (Å²) in [6.07, 6.45) is 3.08. The lowest BCUT2D eigenvalue weighted by Crippen LogP contribution is -1.98. The summed E-state index contributed by atoms with van der Waals surface area (Å²) >= 11 is 0. The highest BCUT2D eigenvalue weighted by molar-refractivity contribution is 6.02. The predicted molar refractivity (Wildman–Crippen MR) is 89.8 cm³/mol. The standard InChI is InChI=1S/C17H14N4O4/c1-2-8-21-16(24)11-6-5-10(9-12(11)17(21)25)14(22)19-20-15(23)13-4-3-7-18-13/h2-7,9,18,24-25H,1,8H2. The Morgan fingerprint density at radius 3 is 2.52 bits per heavy atom. The highest BCUT2D eigenvalue weighted by Crippen LogP contribution is 2.36. The van der Waals surface area contributed by atoms with Crippen LogP contribution < -0.4 is 0 Å². The van der Waals surface area contributed by atoms with Crippen molar-refractivity contribution in [3.63, 3.8) is 0 Å². The summed E-state index contributed by atoms with van der Waals surface area (Å²) < 4.78 is 1.25. The Morgan fingerprint density at radius 2 is 1.84 bits per heavy atom. The average molecular weight is 338 g/mol. The number of hydrogen-bond donors (Lipinski definition) is 3. The van der Waals surface area contributed by atoms with Crippen LogP contribution in [0.4, 0.5) is 0 Å². The third kappa shape index (κ3) is 2.92. The minimum Gasteiger partial charge on any atom is -0.494 e. The first-order valence-electron chi connectivity index (χ1n) is 7.31. The maximum atomic E-state index is 12.1. The molecule has 3 aromatic rings. The van der Waals surface area contributed by atoms with Crippen LogP contribution >= 0.6 is 0 Å². The number of amides is 2. The van der Waals surface area contributed by atoms with Crippen molar-refractivity contribution in [1.29, 1.82) is 0 Å². The van der Waals surface area contributed by atoms with Gasteiger partial charge in [0.1, 0.15) is 5.69 Å². The van der Waals surface area contributed by atoms with Gasteiger partial charge >= 0.3 is 5.91 Å². The molecular formula is C17H14N4O4. The van der Waals surface area contributed by atoms with E-state index in [2.05, 4.69) is 21.8 Å². The number of azo groups is 1. The monoisotopic (exact) mass is 338 g/mol. The first-order valence-corrected chi connectivity index (χ1v) is 7.31. The van der Waals surface area contributed by atoms with Crippen LogP contribution in [0.15, 0.2) is 59.4 Å². The Kier molecular flexibility index (Phi) is 4.17. The molecule has 0 atom stereocenters. The summed E-state index contributed by atoms with van der Waals surface area (Å²) in [6.45, 7) is 3.77. The van der Waals surface area contributed by atoms with Crippen molar-refractivity contribution >= 4 is 22.6 Å².